The zero-order valence-electron chi connectivity index (χ0n) is 13.0. The lowest BCUT2D eigenvalue weighted by atomic mass is 10.1. The molecule has 1 N–H and O–H groups in total. The van der Waals surface area contributed by atoms with E-state index in [2.05, 4.69) is 44.6 Å². The van der Waals surface area contributed by atoms with Crippen molar-refractivity contribution >= 4 is 18.2 Å². The Hall–Kier alpha value is -1.17. The summed E-state index contributed by atoms with van der Waals surface area (Å²) in [5.74, 6) is 0.819. The first-order valence-corrected chi connectivity index (χ1v) is 7.37. The van der Waals surface area contributed by atoms with Crippen LogP contribution in [0.1, 0.15) is 29.9 Å². The van der Waals surface area contributed by atoms with Crippen LogP contribution in [0, 0.1) is 13.8 Å². The highest BCUT2D eigenvalue weighted by molar-refractivity contribution is 5.85. The molecule has 0 saturated carbocycles. The fraction of sp³-hybridized carbons (Fsp3) is 0.600. The third-order valence-corrected chi connectivity index (χ3v) is 4.16. The predicted octanol–water partition coefficient (Wildman–Crippen LogP) is 1.95. The van der Waals surface area contributed by atoms with Gasteiger partial charge in [-0.15, -0.1) is 12.4 Å². The molecule has 5 nitrogen and oxygen atoms in total. The highest BCUT2D eigenvalue weighted by atomic mass is 35.5. The number of nitrogens with one attached hydrogen (secondary N) is 1. The average molecular weight is 310 g/mol. The average Bonchev–Trinajstić information content (AvgIpc) is 2.82. The van der Waals surface area contributed by atoms with Crippen LogP contribution in [0.25, 0.3) is 5.78 Å². The Morgan fingerprint density at radius 2 is 2.19 bits per heavy atom. The maximum absolute atomic E-state index is 4.50. The lowest BCUT2D eigenvalue weighted by molar-refractivity contribution is 0.185. The van der Waals surface area contributed by atoms with E-state index in [4.69, 9.17) is 0 Å². The second-order valence-corrected chi connectivity index (χ2v) is 5.79. The summed E-state index contributed by atoms with van der Waals surface area (Å²) in [6, 6.07) is 2.73. The topological polar surface area (TPSA) is 45.5 Å². The molecule has 3 heterocycles. The maximum Gasteiger partial charge on any atom is 0.234 e. The van der Waals surface area contributed by atoms with E-state index < -0.39 is 0 Å². The van der Waals surface area contributed by atoms with Crippen molar-refractivity contribution in [3.8, 4) is 0 Å². The van der Waals surface area contributed by atoms with Crippen molar-refractivity contribution in [2.75, 3.05) is 20.1 Å². The van der Waals surface area contributed by atoms with E-state index in [1.165, 1.54) is 30.8 Å². The Bertz CT molecular complexity index is 609. The monoisotopic (exact) mass is 309 g/mol. The number of likely N-dealkylation sites (N-methyl/N-ethyl adjacent to an activating group) is 1. The maximum atomic E-state index is 4.50. The van der Waals surface area contributed by atoms with Crippen LogP contribution >= 0.6 is 12.4 Å². The molecule has 0 aliphatic carbocycles. The minimum Gasteiger partial charge on any atom is -0.316 e. The molecule has 0 spiro atoms. The summed E-state index contributed by atoms with van der Waals surface area (Å²) < 4.78 is 2.18. The summed E-state index contributed by atoms with van der Waals surface area (Å²) in [6.45, 7) is 7.37. The highest BCUT2D eigenvalue weighted by Gasteiger charge is 2.20. The Balaban J connectivity index is 0.00000161. The van der Waals surface area contributed by atoms with Gasteiger partial charge in [-0.1, -0.05) is 0 Å². The number of hydrogen-bond donors (Lipinski definition) is 1. The van der Waals surface area contributed by atoms with Crippen molar-refractivity contribution in [2.45, 2.75) is 39.3 Å². The van der Waals surface area contributed by atoms with Crippen LogP contribution in [0.2, 0.25) is 0 Å². The highest BCUT2D eigenvalue weighted by Crippen LogP contribution is 2.16. The number of rotatable bonds is 3. The molecular weight excluding hydrogens is 286 g/mol. The van der Waals surface area contributed by atoms with Gasteiger partial charge in [-0.25, -0.2) is 9.97 Å². The summed E-state index contributed by atoms with van der Waals surface area (Å²) >= 11 is 0. The standard InChI is InChI=1S/C15H23N5.ClH/c1-11-7-12(2)20-14(8-17-15(20)18-11)10-19-6-4-5-13(9-19)16-3;/h7-8,13,16H,4-6,9-10H2,1-3H3;1H. The summed E-state index contributed by atoms with van der Waals surface area (Å²) in [5, 5.41) is 3.39. The third-order valence-electron chi connectivity index (χ3n) is 4.16. The van der Waals surface area contributed by atoms with E-state index in [9.17, 15) is 0 Å². The largest absolute Gasteiger partial charge is 0.316 e. The van der Waals surface area contributed by atoms with Crippen LogP contribution < -0.4 is 5.32 Å². The number of halogens is 1. The molecule has 0 amide bonds. The quantitative estimate of drug-likeness (QED) is 0.941. The van der Waals surface area contributed by atoms with E-state index in [1.54, 1.807) is 0 Å². The second kappa shape index (κ2) is 6.73. The minimum absolute atomic E-state index is 0. The molecule has 0 radical (unpaired) electrons. The van der Waals surface area contributed by atoms with Crippen molar-refractivity contribution in [3.05, 3.63) is 29.3 Å². The van der Waals surface area contributed by atoms with Gasteiger partial charge in [0.2, 0.25) is 5.78 Å². The normalized spacial score (nSPS) is 19.7. The van der Waals surface area contributed by atoms with Crippen molar-refractivity contribution in [1.29, 1.82) is 0 Å². The van der Waals surface area contributed by atoms with E-state index in [0.717, 1.165) is 24.6 Å². The molecule has 2 aromatic heterocycles. The summed E-state index contributed by atoms with van der Waals surface area (Å²) in [7, 11) is 2.05. The fourth-order valence-electron chi connectivity index (χ4n) is 3.17. The SMILES string of the molecule is CNC1CCCN(Cc2cnc3nc(C)cc(C)n23)C1.Cl. The predicted molar refractivity (Wildman–Crippen MR) is 87.1 cm³/mol. The first-order valence-electron chi connectivity index (χ1n) is 7.37. The van der Waals surface area contributed by atoms with Crippen LogP contribution in [0.5, 0.6) is 0 Å². The number of imidazole rings is 1. The number of aromatic nitrogens is 3. The van der Waals surface area contributed by atoms with E-state index in [1.807, 2.05) is 13.1 Å². The Labute approximate surface area is 132 Å². The zero-order chi connectivity index (χ0) is 14.1. The van der Waals surface area contributed by atoms with Gasteiger partial charge in [-0.2, -0.15) is 0 Å². The minimum atomic E-state index is 0. The molecule has 1 unspecified atom stereocenters. The van der Waals surface area contributed by atoms with Crippen molar-refractivity contribution in [1.82, 2.24) is 24.6 Å². The van der Waals surface area contributed by atoms with Gasteiger partial charge in [0.05, 0.1) is 11.9 Å². The van der Waals surface area contributed by atoms with Gasteiger partial charge in [0.25, 0.3) is 0 Å². The van der Waals surface area contributed by atoms with Crippen LogP contribution in [0.3, 0.4) is 0 Å². The number of piperidine rings is 1. The molecule has 0 aromatic carbocycles. The van der Waals surface area contributed by atoms with E-state index in [0.29, 0.717) is 6.04 Å². The molecule has 1 fully saturated rings. The third kappa shape index (κ3) is 3.36. The molecule has 1 saturated heterocycles. The number of fused-ring (bicyclic) bond motifs is 1. The molecule has 6 heteroatoms. The molecule has 116 valence electrons. The van der Waals surface area contributed by atoms with Gasteiger partial charge < -0.3 is 5.32 Å². The number of hydrogen-bond acceptors (Lipinski definition) is 4. The lowest BCUT2D eigenvalue weighted by Gasteiger charge is -2.32. The molecule has 3 rings (SSSR count). The van der Waals surface area contributed by atoms with E-state index in [-0.39, 0.29) is 12.4 Å². The van der Waals surface area contributed by atoms with Crippen molar-refractivity contribution in [3.63, 3.8) is 0 Å². The number of aryl methyl sites for hydroxylation is 2. The lowest BCUT2D eigenvalue weighted by Crippen LogP contribution is -2.44. The number of likely N-dealkylation sites (tertiary alicyclic amines) is 1. The first kappa shape index (κ1) is 16.2. The second-order valence-electron chi connectivity index (χ2n) is 5.79. The summed E-state index contributed by atoms with van der Waals surface area (Å²) in [4.78, 5) is 11.5. The summed E-state index contributed by atoms with van der Waals surface area (Å²) in [5.41, 5.74) is 3.48. The van der Waals surface area contributed by atoms with Gasteiger partial charge in [-0.3, -0.25) is 9.30 Å². The Morgan fingerprint density at radius 3 is 2.95 bits per heavy atom. The van der Waals surface area contributed by atoms with Gasteiger partial charge in [0, 0.05) is 30.5 Å². The molecule has 1 atom stereocenters. The van der Waals surface area contributed by atoms with Crippen LogP contribution in [-0.4, -0.2) is 45.4 Å². The van der Waals surface area contributed by atoms with Crippen LogP contribution in [-0.2, 0) is 6.54 Å². The van der Waals surface area contributed by atoms with Crippen molar-refractivity contribution < 1.29 is 0 Å². The van der Waals surface area contributed by atoms with Crippen LogP contribution in [0.4, 0.5) is 0 Å². The van der Waals surface area contributed by atoms with E-state index >= 15 is 0 Å². The molecule has 0 bridgehead atoms. The molecule has 2 aromatic rings. The summed E-state index contributed by atoms with van der Waals surface area (Å²) in [6.07, 6.45) is 4.51. The Kier molecular flexibility index (Phi) is 5.19. The van der Waals surface area contributed by atoms with Gasteiger partial charge in [0.1, 0.15) is 0 Å². The van der Waals surface area contributed by atoms with Gasteiger partial charge in [0.15, 0.2) is 0 Å². The molecular formula is C15H24ClN5. The Morgan fingerprint density at radius 1 is 1.38 bits per heavy atom. The number of nitrogens with zero attached hydrogens (tertiary/aromatic N) is 4. The molecule has 1 aliphatic heterocycles. The zero-order valence-corrected chi connectivity index (χ0v) is 13.8. The van der Waals surface area contributed by atoms with Gasteiger partial charge in [-0.05, 0) is 46.3 Å². The first-order chi connectivity index (χ1) is 9.67. The van der Waals surface area contributed by atoms with Gasteiger partial charge >= 0.3 is 0 Å². The van der Waals surface area contributed by atoms with Crippen LogP contribution in [0.15, 0.2) is 12.3 Å². The fourth-order valence-corrected chi connectivity index (χ4v) is 3.17. The smallest absolute Gasteiger partial charge is 0.234 e. The molecule has 21 heavy (non-hydrogen) atoms. The van der Waals surface area contributed by atoms with Crippen molar-refractivity contribution in [2.24, 2.45) is 0 Å². The molecule has 1 aliphatic rings.